The predicted octanol–water partition coefficient (Wildman–Crippen LogP) is 1.77. The van der Waals surface area contributed by atoms with Crippen LogP contribution in [0.15, 0.2) is 0 Å². The van der Waals surface area contributed by atoms with Gasteiger partial charge in [-0.05, 0) is 44.9 Å². The molecule has 0 fully saturated rings. The molecule has 0 spiro atoms. The second-order valence-corrected chi connectivity index (χ2v) is 11.7. The third-order valence-corrected chi connectivity index (χ3v) is 7.08. The Morgan fingerprint density at radius 2 is 1.40 bits per heavy atom. The van der Waals surface area contributed by atoms with Gasteiger partial charge in [-0.2, -0.15) is 0 Å². The average molecular weight is 595 g/mol. The van der Waals surface area contributed by atoms with E-state index in [4.69, 9.17) is 4.52 Å². The summed E-state index contributed by atoms with van der Waals surface area (Å²) in [6.07, 6.45) is 6.43. The molecule has 0 aromatic rings. The van der Waals surface area contributed by atoms with Crippen LogP contribution in [0.5, 0.6) is 0 Å². The summed E-state index contributed by atoms with van der Waals surface area (Å²) in [5.41, 5.74) is 0. The van der Waals surface area contributed by atoms with Gasteiger partial charge in [-0.3, -0.25) is 28.2 Å². The van der Waals surface area contributed by atoms with Crippen molar-refractivity contribution in [2.75, 3.05) is 40.0 Å². The lowest BCUT2D eigenvalue weighted by molar-refractivity contribution is -0.128. The summed E-state index contributed by atoms with van der Waals surface area (Å²) < 4.78 is 20.5. The normalized spacial score (nSPS) is 14.2. The minimum absolute atomic E-state index is 0.0264. The van der Waals surface area contributed by atoms with Crippen molar-refractivity contribution >= 4 is 31.5 Å². The SMILES string of the molecule is COP(=O)(O)OCC(CO)CCCCNC(=O)[C@H](CCCCNC(=O)CCCCCNC(=O)C(C)C)NC(C)=O. The maximum atomic E-state index is 12.6. The maximum Gasteiger partial charge on any atom is 0.471 e. The van der Waals surface area contributed by atoms with Crippen LogP contribution in [0.1, 0.15) is 85.0 Å². The summed E-state index contributed by atoms with van der Waals surface area (Å²) >= 11 is 0. The zero-order valence-electron chi connectivity index (χ0n) is 24.5. The van der Waals surface area contributed by atoms with Crippen LogP contribution < -0.4 is 21.3 Å². The fraction of sp³-hybridized carbons (Fsp3) is 0.846. The summed E-state index contributed by atoms with van der Waals surface area (Å²) in [6.45, 7) is 6.21. The Kier molecular flexibility index (Phi) is 21.5. The number of unbranched alkanes of at least 4 members (excludes halogenated alkanes) is 4. The molecular weight excluding hydrogens is 543 g/mol. The zero-order chi connectivity index (χ0) is 30.4. The Balaban J connectivity index is 4.10. The van der Waals surface area contributed by atoms with Crippen LogP contribution in [-0.4, -0.2) is 79.6 Å². The van der Waals surface area contributed by atoms with Crippen LogP contribution in [0.4, 0.5) is 0 Å². The number of rotatable bonds is 24. The highest BCUT2D eigenvalue weighted by Gasteiger charge is 2.21. The van der Waals surface area contributed by atoms with E-state index in [-0.39, 0.29) is 48.7 Å². The number of phosphoric ester groups is 1. The molecule has 0 saturated carbocycles. The molecule has 0 aromatic carbocycles. The summed E-state index contributed by atoms with van der Waals surface area (Å²) in [4.78, 5) is 56.9. The van der Waals surface area contributed by atoms with Crippen molar-refractivity contribution in [1.82, 2.24) is 21.3 Å². The van der Waals surface area contributed by atoms with Crippen LogP contribution in [0.25, 0.3) is 0 Å². The summed E-state index contributed by atoms with van der Waals surface area (Å²) in [5.74, 6) is -0.942. The first kappa shape index (κ1) is 38.0. The molecular formula is C26H51N4O9P. The minimum atomic E-state index is -4.09. The van der Waals surface area contributed by atoms with Crippen LogP contribution in [0.2, 0.25) is 0 Å². The number of hydrogen-bond acceptors (Lipinski definition) is 8. The number of amides is 4. The Morgan fingerprint density at radius 1 is 0.825 bits per heavy atom. The number of aliphatic hydroxyl groups excluding tert-OH is 1. The Hall–Kier alpha value is -2.05. The molecule has 0 aliphatic heterocycles. The standard InChI is InChI=1S/C26H51N4O9P/c1-20(2)25(34)28-16-9-5-6-14-24(33)27-15-11-8-13-23(30-21(3)32)26(35)29-17-10-7-12-22(18-31)19-39-40(36,37)38-4/h20,22-23,31H,5-19H2,1-4H3,(H,27,33)(H,28,34)(H,29,35)(H,30,32)(H,36,37)/t22?,23-/m0/s1. The molecule has 40 heavy (non-hydrogen) atoms. The van der Waals surface area contributed by atoms with Gasteiger partial charge in [-0.25, -0.2) is 4.57 Å². The fourth-order valence-corrected chi connectivity index (χ4v) is 4.18. The van der Waals surface area contributed by atoms with E-state index in [1.54, 1.807) is 0 Å². The van der Waals surface area contributed by atoms with Crippen molar-refractivity contribution in [3.63, 3.8) is 0 Å². The maximum absolute atomic E-state index is 12.6. The van der Waals surface area contributed by atoms with Crippen molar-refractivity contribution in [2.45, 2.75) is 91.0 Å². The molecule has 2 unspecified atom stereocenters. The van der Waals surface area contributed by atoms with Crippen molar-refractivity contribution in [3.05, 3.63) is 0 Å². The highest BCUT2D eigenvalue weighted by molar-refractivity contribution is 7.47. The quantitative estimate of drug-likeness (QED) is 0.0714. The van der Waals surface area contributed by atoms with E-state index in [1.165, 1.54) is 6.92 Å². The van der Waals surface area contributed by atoms with E-state index < -0.39 is 13.9 Å². The third-order valence-electron chi connectivity index (χ3n) is 6.14. The van der Waals surface area contributed by atoms with E-state index in [0.29, 0.717) is 64.6 Å². The summed E-state index contributed by atoms with van der Waals surface area (Å²) in [6, 6.07) is -0.671. The molecule has 0 saturated heterocycles. The number of phosphoric acid groups is 1. The fourth-order valence-electron chi connectivity index (χ4n) is 3.68. The van der Waals surface area contributed by atoms with Crippen LogP contribution >= 0.6 is 7.82 Å². The average Bonchev–Trinajstić information content (AvgIpc) is 2.90. The first-order valence-electron chi connectivity index (χ1n) is 14.1. The van der Waals surface area contributed by atoms with Crippen molar-refractivity contribution in [1.29, 1.82) is 0 Å². The largest absolute Gasteiger partial charge is 0.471 e. The molecule has 234 valence electrons. The van der Waals surface area contributed by atoms with Crippen LogP contribution in [-0.2, 0) is 32.8 Å². The lowest BCUT2D eigenvalue weighted by Gasteiger charge is -2.18. The van der Waals surface area contributed by atoms with Gasteiger partial charge in [0.1, 0.15) is 6.04 Å². The second kappa shape index (κ2) is 22.6. The van der Waals surface area contributed by atoms with Gasteiger partial charge in [0, 0.05) is 58.5 Å². The van der Waals surface area contributed by atoms with E-state index in [1.807, 2.05) is 13.8 Å². The van der Waals surface area contributed by atoms with E-state index in [9.17, 15) is 33.7 Å². The monoisotopic (exact) mass is 594 g/mol. The molecule has 4 amide bonds. The van der Waals surface area contributed by atoms with Gasteiger partial charge in [0.2, 0.25) is 23.6 Å². The summed E-state index contributed by atoms with van der Waals surface area (Å²) in [5, 5.41) is 20.6. The molecule has 0 heterocycles. The molecule has 13 nitrogen and oxygen atoms in total. The highest BCUT2D eigenvalue weighted by atomic mass is 31.2. The molecule has 0 aliphatic carbocycles. The lowest BCUT2D eigenvalue weighted by Crippen LogP contribution is -2.46. The Labute approximate surface area is 238 Å². The Morgan fingerprint density at radius 3 is 1.98 bits per heavy atom. The summed E-state index contributed by atoms with van der Waals surface area (Å²) in [7, 11) is -3.02. The number of carbonyl (C=O) groups excluding carboxylic acids is 4. The van der Waals surface area contributed by atoms with Crippen molar-refractivity contribution < 1.29 is 42.8 Å². The topological polar surface area (TPSA) is 192 Å². The van der Waals surface area contributed by atoms with E-state index >= 15 is 0 Å². The second-order valence-electron chi connectivity index (χ2n) is 10.1. The number of hydrogen-bond donors (Lipinski definition) is 6. The molecule has 6 N–H and O–H groups in total. The molecule has 0 radical (unpaired) electrons. The first-order valence-corrected chi connectivity index (χ1v) is 15.6. The molecule has 0 aromatic heterocycles. The van der Waals surface area contributed by atoms with E-state index in [0.717, 1.165) is 26.4 Å². The number of aliphatic hydroxyl groups is 1. The van der Waals surface area contributed by atoms with Gasteiger partial charge < -0.3 is 31.3 Å². The Bertz CT molecular complexity index is 798. The molecule has 0 aliphatic rings. The first-order chi connectivity index (χ1) is 18.9. The van der Waals surface area contributed by atoms with Gasteiger partial charge >= 0.3 is 7.82 Å². The zero-order valence-corrected chi connectivity index (χ0v) is 25.4. The van der Waals surface area contributed by atoms with Crippen LogP contribution in [0, 0.1) is 11.8 Å². The highest BCUT2D eigenvalue weighted by Crippen LogP contribution is 2.42. The van der Waals surface area contributed by atoms with Gasteiger partial charge in [-0.15, -0.1) is 0 Å². The van der Waals surface area contributed by atoms with Gasteiger partial charge in [0.15, 0.2) is 0 Å². The van der Waals surface area contributed by atoms with Gasteiger partial charge in [-0.1, -0.05) is 26.7 Å². The molecule has 0 bridgehead atoms. The van der Waals surface area contributed by atoms with Gasteiger partial charge in [0.25, 0.3) is 0 Å². The lowest BCUT2D eigenvalue weighted by atomic mass is 10.0. The van der Waals surface area contributed by atoms with Crippen LogP contribution in [0.3, 0.4) is 0 Å². The number of carbonyl (C=O) groups is 4. The molecule has 0 rings (SSSR count). The molecule has 3 atom stereocenters. The van der Waals surface area contributed by atoms with Gasteiger partial charge in [0.05, 0.1) is 6.61 Å². The molecule has 14 heteroatoms. The van der Waals surface area contributed by atoms with Crippen molar-refractivity contribution in [2.24, 2.45) is 11.8 Å². The van der Waals surface area contributed by atoms with Crippen molar-refractivity contribution in [3.8, 4) is 0 Å². The minimum Gasteiger partial charge on any atom is -0.396 e. The van der Waals surface area contributed by atoms with E-state index in [2.05, 4.69) is 25.8 Å². The smallest absolute Gasteiger partial charge is 0.396 e. The predicted molar refractivity (Wildman–Crippen MR) is 151 cm³/mol. The third kappa shape index (κ3) is 20.8. The number of nitrogens with one attached hydrogen (secondary N) is 4.